The van der Waals surface area contributed by atoms with Crippen molar-refractivity contribution in [3.63, 3.8) is 0 Å². The second-order valence-electron chi connectivity index (χ2n) is 3.36. The maximum absolute atomic E-state index is 11.9. The number of rotatable bonds is 1. The van der Waals surface area contributed by atoms with Gasteiger partial charge in [0.25, 0.3) is 5.91 Å². The minimum atomic E-state index is -0.220. The summed E-state index contributed by atoms with van der Waals surface area (Å²) in [4.78, 5) is 11.9. The normalized spacial score (nSPS) is 18.1. The highest BCUT2D eigenvalue weighted by Crippen LogP contribution is 2.24. The summed E-state index contributed by atoms with van der Waals surface area (Å²) in [5.74, 6) is -0.220. The largest absolute Gasteiger partial charge is 0.404 e. The Kier molecular flexibility index (Phi) is 2.66. The quantitative estimate of drug-likeness (QED) is 0.756. The summed E-state index contributed by atoms with van der Waals surface area (Å²) in [6, 6.07) is 6.88. The van der Waals surface area contributed by atoms with E-state index in [9.17, 15) is 4.79 Å². The lowest BCUT2D eigenvalue weighted by Crippen LogP contribution is -2.21. The zero-order valence-electron chi connectivity index (χ0n) is 8.64. The van der Waals surface area contributed by atoms with Gasteiger partial charge in [-0.3, -0.25) is 4.79 Å². The molecule has 0 saturated heterocycles. The van der Waals surface area contributed by atoms with Gasteiger partial charge in [-0.15, -0.1) is 0 Å². The van der Waals surface area contributed by atoms with Crippen molar-refractivity contribution in [2.24, 2.45) is 10.8 Å². The molecule has 0 aliphatic carbocycles. The van der Waals surface area contributed by atoms with Crippen molar-refractivity contribution in [3.8, 4) is 0 Å². The van der Waals surface area contributed by atoms with Gasteiger partial charge in [-0.1, -0.05) is 11.6 Å². The minimum Gasteiger partial charge on any atom is -0.404 e. The Labute approximate surface area is 98.0 Å². The number of amides is 1. The van der Waals surface area contributed by atoms with Crippen molar-refractivity contribution in [2.45, 2.75) is 6.92 Å². The number of nitrogens with two attached hydrogens (primary N) is 1. The van der Waals surface area contributed by atoms with Crippen LogP contribution in [0.15, 0.2) is 41.1 Å². The molecule has 0 atom stereocenters. The van der Waals surface area contributed by atoms with Crippen LogP contribution in [0.3, 0.4) is 0 Å². The average molecular weight is 236 g/mol. The van der Waals surface area contributed by atoms with E-state index in [1.54, 1.807) is 31.2 Å². The molecule has 2 N–H and O–H groups in total. The molecule has 1 aliphatic heterocycles. The third-order valence-electron chi connectivity index (χ3n) is 2.30. The summed E-state index contributed by atoms with van der Waals surface area (Å²) in [5.41, 5.74) is 7.08. The van der Waals surface area contributed by atoms with E-state index in [0.717, 1.165) is 0 Å². The minimum absolute atomic E-state index is 0.220. The van der Waals surface area contributed by atoms with Crippen LogP contribution in [0.5, 0.6) is 0 Å². The fourth-order valence-electron chi connectivity index (χ4n) is 1.47. The summed E-state index contributed by atoms with van der Waals surface area (Å²) < 4.78 is 0. The molecule has 0 unspecified atom stereocenters. The fourth-order valence-corrected chi connectivity index (χ4v) is 1.59. The first kappa shape index (κ1) is 10.7. The predicted octanol–water partition coefficient (Wildman–Crippen LogP) is 1.91. The second-order valence-corrected chi connectivity index (χ2v) is 3.80. The Morgan fingerprint density at radius 1 is 1.38 bits per heavy atom. The van der Waals surface area contributed by atoms with E-state index < -0.39 is 0 Å². The van der Waals surface area contributed by atoms with E-state index in [1.807, 2.05) is 0 Å². The second kappa shape index (κ2) is 3.98. The number of nitrogens with zero attached hydrogens (tertiary/aromatic N) is 2. The molecule has 0 fully saturated rings. The summed E-state index contributed by atoms with van der Waals surface area (Å²) in [6.07, 6.45) is 1.27. The molecule has 4 nitrogen and oxygen atoms in total. The van der Waals surface area contributed by atoms with Crippen LogP contribution in [0.1, 0.15) is 6.92 Å². The highest BCUT2D eigenvalue weighted by molar-refractivity contribution is 6.31. The van der Waals surface area contributed by atoms with Crippen LogP contribution in [0.25, 0.3) is 0 Å². The Morgan fingerprint density at radius 3 is 2.50 bits per heavy atom. The number of hydrazone groups is 1. The van der Waals surface area contributed by atoms with Crippen LogP contribution in [0, 0.1) is 0 Å². The number of carbonyl (C=O) groups is 1. The van der Waals surface area contributed by atoms with E-state index in [0.29, 0.717) is 22.0 Å². The van der Waals surface area contributed by atoms with E-state index in [-0.39, 0.29) is 5.91 Å². The topological polar surface area (TPSA) is 58.7 Å². The zero-order valence-corrected chi connectivity index (χ0v) is 9.40. The Balaban J connectivity index is 2.38. The molecule has 0 bridgehead atoms. The van der Waals surface area contributed by atoms with Gasteiger partial charge < -0.3 is 5.73 Å². The third kappa shape index (κ3) is 1.67. The van der Waals surface area contributed by atoms with Crippen molar-refractivity contribution in [1.29, 1.82) is 0 Å². The number of anilines is 1. The van der Waals surface area contributed by atoms with E-state index in [1.165, 1.54) is 11.2 Å². The number of hydrogen-bond donors (Lipinski definition) is 1. The van der Waals surface area contributed by atoms with Crippen LogP contribution in [0.4, 0.5) is 5.69 Å². The first-order chi connectivity index (χ1) is 7.63. The first-order valence-corrected chi connectivity index (χ1v) is 5.09. The van der Waals surface area contributed by atoms with Crippen LogP contribution in [-0.2, 0) is 4.79 Å². The van der Waals surface area contributed by atoms with E-state index in [2.05, 4.69) is 5.10 Å². The molecule has 1 aromatic carbocycles. The SMILES string of the molecule is CC1=NN(c2ccc(Cl)cc2)C(=O)C1=CN. The first-order valence-electron chi connectivity index (χ1n) is 4.71. The third-order valence-corrected chi connectivity index (χ3v) is 2.55. The number of benzene rings is 1. The van der Waals surface area contributed by atoms with E-state index in [4.69, 9.17) is 17.3 Å². The molecule has 1 amide bonds. The summed E-state index contributed by atoms with van der Waals surface area (Å²) in [6.45, 7) is 1.74. The molecule has 16 heavy (non-hydrogen) atoms. The van der Waals surface area contributed by atoms with Crippen LogP contribution in [0.2, 0.25) is 5.02 Å². The molecule has 82 valence electrons. The van der Waals surface area contributed by atoms with Gasteiger partial charge in [-0.05, 0) is 31.2 Å². The Hall–Kier alpha value is -1.81. The lowest BCUT2D eigenvalue weighted by Gasteiger charge is -2.11. The van der Waals surface area contributed by atoms with Crippen LogP contribution in [-0.4, -0.2) is 11.6 Å². The molecule has 0 saturated carbocycles. The number of halogens is 1. The van der Waals surface area contributed by atoms with Crippen LogP contribution < -0.4 is 10.7 Å². The highest BCUT2D eigenvalue weighted by atomic mass is 35.5. The van der Waals surface area contributed by atoms with Crippen molar-refractivity contribution in [3.05, 3.63) is 41.1 Å². The molecule has 0 radical (unpaired) electrons. The van der Waals surface area contributed by atoms with Gasteiger partial charge in [0.05, 0.1) is 17.0 Å². The van der Waals surface area contributed by atoms with Gasteiger partial charge in [0.1, 0.15) is 0 Å². The van der Waals surface area contributed by atoms with Crippen molar-refractivity contribution >= 4 is 28.9 Å². The van der Waals surface area contributed by atoms with E-state index >= 15 is 0 Å². The fraction of sp³-hybridized carbons (Fsp3) is 0.0909. The smallest absolute Gasteiger partial charge is 0.282 e. The van der Waals surface area contributed by atoms with Crippen molar-refractivity contribution in [1.82, 2.24) is 0 Å². The van der Waals surface area contributed by atoms with Gasteiger partial charge in [-0.25, -0.2) is 0 Å². The molecule has 1 aromatic rings. The number of carbonyl (C=O) groups excluding carboxylic acids is 1. The van der Waals surface area contributed by atoms with Crippen molar-refractivity contribution in [2.75, 3.05) is 5.01 Å². The zero-order chi connectivity index (χ0) is 11.7. The maximum atomic E-state index is 11.9. The van der Waals surface area contributed by atoms with Crippen LogP contribution >= 0.6 is 11.6 Å². The van der Waals surface area contributed by atoms with Gasteiger partial charge in [0.2, 0.25) is 0 Å². The molecule has 1 heterocycles. The molecule has 2 rings (SSSR count). The lowest BCUT2D eigenvalue weighted by atomic mass is 10.2. The maximum Gasteiger partial charge on any atom is 0.282 e. The molecular weight excluding hydrogens is 226 g/mol. The molecule has 1 aliphatic rings. The Morgan fingerprint density at radius 2 is 2.00 bits per heavy atom. The predicted molar refractivity (Wildman–Crippen MR) is 64.3 cm³/mol. The number of hydrogen-bond acceptors (Lipinski definition) is 3. The lowest BCUT2D eigenvalue weighted by molar-refractivity contribution is -0.114. The molecule has 5 heteroatoms. The summed E-state index contributed by atoms with van der Waals surface area (Å²) in [5, 5.41) is 6.06. The van der Waals surface area contributed by atoms with Gasteiger partial charge in [-0.2, -0.15) is 10.1 Å². The molecular formula is C11H10ClN3O. The average Bonchev–Trinajstić information content (AvgIpc) is 2.55. The van der Waals surface area contributed by atoms with Gasteiger partial charge in [0, 0.05) is 11.2 Å². The Bertz CT molecular complexity index is 490. The molecule has 0 aromatic heterocycles. The molecule has 0 spiro atoms. The monoisotopic (exact) mass is 235 g/mol. The standard InChI is InChI=1S/C11H10ClN3O/c1-7-10(6-13)11(16)15(14-7)9-4-2-8(12)3-5-9/h2-6H,13H2,1H3. The summed E-state index contributed by atoms with van der Waals surface area (Å²) in [7, 11) is 0. The highest BCUT2D eigenvalue weighted by Gasteiger charge is 2.28. The van der Waals surface area contributed by atoms with Gasteiger partial charge >= 0.3 is 0 Å². The van der Waals surface area contributed by atoms with Gasteiger partial charge in [0.15, 0.2) is 0 Å². The summed E-state index contributed by atoms with van der Waals surface area (Å²) >= 11 is 5.77. The van der Waals surface area contributed by atoms with Crippen molar-refractivity contribution < 1.29 is 4.79 Å².